The van der Waals surface area contributed by atoms with E-state index >= 15 is 0 Å². The molecule has 0 aliphatic rings. The van der Waals surface area contributed by atoms with Crippen LogP contribution in [-0.4, -0.2) is 5.91 Å². The van der Waals surface area contributed by atoms with Crippen molar-refractivity contribution in [2.75, 3.05) is 0 Å². The number of benzene rings is 3. The van der Waals surface area contributed by atoms with Gasteiger partial charge in [0.25, 0.3) is 0 Å². The van der Waals surface area contributed by atoms with Crippen LogP contribution in [0.1, 0.15) is 22.8 Å². The first-order valence-electron chi connectivity index (χ1n) is 7.11. The van der Waals surface area contributed by atoms with Gasteiger partial charge in [-0.2, -0.15) is 0 Å². The molecule has 0 spiro atoms. The summed E-state index contributed by atoms with van der Waals surface area (Å²) in [6.45, 7) is 2.10. The van der Waals surface area contributed by atoms with E-state index < -0.39 is 0 Å². The highest BCUT2D eigenvalue weighted by Gasteiger charge is 2.11. The molecular formula is C19H17NO. The molecule has 2 nitrogen and oxygen atoms in total. The molecule has 1 amide bonds. The summed E-state index contributed by atoms with van der Waals surface area (Å²) in [5, 5.41) is 2.35. The Morgan fingerprint density at radius 3 is 2.43 bits per heavy atom. The molecule has 0 fully saturated rings. The second kappa shape index (κ2) is 5.41. The van der Waals surface area contributed by atoms with E-state index in [0.29, 0.717) is 5.56 Å². The molecule has 0 aliphatic carbocycles. The minimum Gasteiger partial charge on any atom is -0.366 e. The van der Waals surface area contributed by atoms with Crippen LogP contribution < -0.4 is 5.73 Å². The average Bonchev–Trinajstić information content (AvgIpc) is 2.53. The van der Waals surface area contributed by atoms with Crippen LogP contribution in [0, 0.1) is 0 Å². The van der Waals surface area contributed by atoms with Crippen molar-refractivity contribution >= 4 is 16.7 Å². The maximum absolute atomic E-state index is 11.7. The normalized spacial score (nSPS) is 10.7. The number of primary amides is 1. The molecule has 21 heavy (non-hydrogen) atoms. The van der Waals surface area contributed by atoms with E-state index in [2.05, 4.69) is 37.3 Å². The summed E-state index contributed by atoms with van der Waals surface area (Å²) in [7, 11) is 0. The minimum atomic E-state index is -0.388. The van der Waals surface area contributed by atoms with Crippen molar-refractivity contribution in [2.45, 2.75) is 13.3 Å². The lowest BCUT2D eigenvalue weighted by molar-refractivity contribution is 0.100. The van der Waals surface area contributed by atoms with Gasteiger partial charge in [0.15, 0.2) is 0 Å². The third kappa shape index (κ3) is 2.52. The van der Waals surface area contributed by atoms with Gasteiger partial charge in [0.1, 0.15) is 0 Å². The molecule has 0 bridgehead atoms. The molecule has 0 unspecified atom stereocenters. The van der Waals surface area contributed by atoms with Crippen molar-refractivity contribution in [3.8, 4) is 11.1 Å². The maximum atomic E-state index is 11.7. The van der Waals surface area contributed by atoms with Crippen molar-refractivity contribution < 1.29 is 4.79 Å². The number of carbonyl (C=O) groups is 1. The summed E-state index contributed by atoms with van der Waals surface area (Å²) in [6, 6.07) is 20.3. The molecule has 0 radical (unpaired) electrons. The monoisotopic (exact) mass is 275 g/mol. The third-order valence-electron chi connectivity index (χ3n) is 3.82. The zero-order valence-electron chi connectivity index (χ0n) is 12.0. The predicted octanol–water partition coefficient (Wildman–Crippen LogP) is 4.17. The van der Waals surface area contributed by atoms with Crippen LogP contribution in [0.5, 0.6) is 0 Å². The van der Waals surface area contributed by atoms with Crippen LogP contribution in [0.3, 0.4) is 0 Å². The summed E-state index contributed by atoms with van der Waals surface area (Å²) in [5.41, 5.74) is 9.22. The molecule has 104 valence electrons. The number of nitrogens with two attached hydrogens (primary N) is 1. The van der Waals surface area contributed by atoms with Gasteiger partial charge < -0.3 is 5.73 Å². The molecule has 3 aromatic rings. The topological polar surface area (TPSA) is 43.1 Å². The number of carbonyl (C=O) groups excluding carboxylic acids is 1. The van der Waals surface area contributed by atoms with Gasteiger partial charge >= 0.3 is 0 Å². The van der Waals surface area contributed by atoms with E-state index in [-0.39, 0.29) is 5.91 Å². The molecule has 2 N–H and O–H groups in total. The van der Waals surface area contributed by atoms with Gasteiger partial charge in [0.2, 0.25) is 5.91 Å². The molecule has 0 saturated heterocycles. The Balaban J connectivity index is 2.22. The number of rotatable bonds is 3. The van der Waals surface area contributed by atoms with E-state index in [4.69, 9.17) is 5.73 Å². The SMILES string of the molecule is CCc1ccc(C(N)=O)c(-c2ccc3ccccc3c2)c1. The Bertz CT molecular complexity index is 821. The fourth-order valence-corrected chi connectivity index (χ4v) is 2.62. The van der Waals surface area contributed by atoms with Crippen molar-refractivity contribution in [3.05, 3.63) is 71.8 Å². The molecule has 3 rings (SSSR count). The highest BCUT2D eigenvalue weighted by Crippen LogP contribution is 2.28. The Labute approximate surface area is 124 Å². The smallest absolute Gasteiger partial charge is 0.249 e. The van der Waals surface area contributed by atoms with Crippen LogP contribution in [0.25, 0.3) is 21.9 Å². The van der Waals surface area contributed by atoms with Crippen LogP contribution in [0.15, 0.2) is 60.7 Å². The number of aryl methyl sites for hydroxylation is 1. The summed E-state index contributed by atoms with van der Waals surface area (Å²) in [5.74, 6) is -0.388. The van der Waals surface area contributed by atoms with Crippen molar-refractivity contribution in [2.24, 2.45) is 5.73 Å². The summed E-state index contributed by atoms with van der Waals surface area (Å²) >= 11 is 0. The predicted molar refractivity (Wildman–Crippen MR) is 87.3 cm³/mol. The lowest BCUT2D eigenvalue weighted by atomic mass is 9.94. The molecule has 0 heterocycles. The van der Waals surface area contributed by atoms with Gasteiger partial charge in [0.05, 0.1) is 0 Å². The van der Waals surface area contributed by atoms with Crippen LogP contribution in [0.2, 0.25) is 0 Å². The fraction of sp³-hybridized carbons (Fsp3) is 0.105. The Morgan fingerprint density at radius 1 is 0.952 bits per heavy atom. The van der Waals surface area contributed by atoms with E-state index in [0.717, 1.165) is 22.9 Å². The molecule has 3 aromatic carbocycles. The summed E-state index contributed by atoms with van der Waals surface area (Å²) < 4.78 is 0. The fourth-order valence-electron chi connectivity index (χ4n) is 2.62. The van der Waals surface area contributed by atoms with Gasteiger partial charge in [0, 0.05) is 5.56 Å². The molecular weight excluding hydrogens is 258 g/mol. The Morgan fingerprint density at radius 2 is 1.71 bits per heavy atom. The maximum Gasteiger partial charge on any atom is 0.249 e. The van der Waals surface area contributed by atoms with Gasteiger partial charge in [-0.25, -0.2) is 0 Å². The first-order valence-corrected chi connectivity index (χ1v) is 7.11. The second-order valence-corrected chi connectivity index (χ2v) is 5.16. The molecule has 0 saturated carbocycles. The van der Waals surface area contributed by atoms with E-state index in [1.807, 2.05) is 30.3 Å². The number of fused-ring (bicyclic) bond motifs is 1. The Kier molecular flexibility index (Phi) is 3.44. The van der Waals surface area contributed by atoms with Gasteiger partial charge in [-0.1, -0.05) is 55.5 Å². The quantitative estimate of drug-likeness (QED) is 0.766. The second-order valence-electron chi connectivity index (χ2n) is 5.16. The standard InChI is InChI=1S/C19H17NO/c1-2-13-7-10-17(19(20)21)18(11-13)16-9-8-14-5-3-4-6-15(14)12-16/h3-12H,2H2,1H3,(H2,20,21). The van der Waals surface area contributed by atoms with E-state index in [1.54, 1.807) is 0 Å². The highest BCUT2D eigenvalue weighted by atomic mass is 16.1. The summed E-state index contributed by atoms with van der Waals surface area (Å²) in [6.07, 6.45) is 0.930. The van der Waals surface area contributed by atoms with Gasteiger partial charge in [-0.3, -0.25) is 4.79 Å². The van der Waals surface area contributed by atoms with Crippen molar-refractivity contribution in [1.29, 1.82) is 0 Å². The van der Waals surface area contributed by atoms with Crippen LogP contribution in [0.4, 0.5) is 0 Å². The van der Waals surface area contributed by atoms with E-state index in [9.17, 15) is 4.79 Å². The molecule has 0 atom stereocenters. The lowest BCUT2D eigenvalue weighted by Gasteiger charge is -2.10. The minimum absolute atomic E-state index is 0.388. The largest absolute Gasteiger partial charge is 0.366 e. The lowest BCUT2D eigenvalue weighted by Crippen LogP contribution is -2.12. The van der Waals surface area contributed by atoms with Crippen molar-refractivity contribution in [1.82, 2.24) is 0 Å². The van der Waals surface area contributed by atoms with Crippen molar-refractivity contribution in [3.63, 3.8) is 0 Å². The highest BCUT2D eigenvalue weighted by molar-refractivity contribution is 6.01. The number of hydrogen-bond acceptors (Lipinski definition) is 1. The molecule has 0 aromatic heterocycles. The van der Waals surface area contributed by atoms with Crippen LogP contribution >= 0.6 is 0 Å². The number of hydrogen-bond donors (Lipinski definition) is 1. The zero-order chi connectivity index (χ0) is 14.8. The average molecular weight is 275 g/mol. The number of amides is 1. The zero-order valence-corrected chi connectivity index (χ0v) is 12.0. The van der Waals surface area contributed by atoms with Gasteiger partial charge in [-0.15, -0.1) is 0 Å². The van der Waals surface area contributed by atoms with E-state index in [1.165, 1.54) is 10.9 Å². The summed E-state index contributed by atoms with van der Waals surface area (Å²) in [4.78, 5) is 11.7. The van der Waals surface area contributed by atoms with Gasteiger partial charge in [-0.05, 0) is 46.0 Å². The first-order chi connectivity index (χ1) is 10.2. The first kappa shape index (κ1) is 13.4. The molecule has 0 aliphatic heterocycles. The third-order valence-corrected chi connectivity index (χ3v) is 3.82. The Hall–Kier alpha value is -2.61. The molecule has 2 heteroatoms. The van der Waals surface area contributed by atoms with Crippen LogP contribution in [-0.2, 0) is 6.42 Å².